The van der Waals surface area contributed by atoms with Crippen molar-refractivity contribution in [1.82, 2.24) is 0 Å². The van der Waals surface area contributed by atoms with Crippen LogP contribution in [0.3, 0.4) is 0 Å². The maximum atomic E-state index is 9.67. The molecule has 0 amide bonds. The third-order valence-electron chi connectivity index (χ3n) is 3.82. The summed E-state index contributed by atoms with van der Waals surface area (Å²) in [6.07, 6.45) is 5.66. The minimum atomic E-state index is 0.151. The van der Waals surface area contributed by atoms with Gasteiger partial charge >= 0.3 is 0 Å². The minimum absolute atomic E-state index is 0.151. The first-order valence-corrected chi connectivity index (χ1v) is 7.56. The van der Waals surface area contributed by atoms with E-state index in [0.29, 0.717) is 11.3 Å². The summed E-state index contributed by atoms with van der Waals surface area (Å²) in [6.45, 7) is 0.151. The summed E-state index contributed by atoms with van der Waals surface area (Å²) in [5.74, 6) is 0.685. The Morgan fingerprint density at radius 3 is 2.64 bits per heavy atom. The van der Waals surface area contributed by atoms with Crippen molar-refractivity contribution in [2.45, 2.75) is 38.7 Å². The van der Waals surface area contributed by atoms with Gasteiger partial charge in [0, 0.05) is 11.5 Å². The van der Waals surface area contributed by atoms with E-state index in [-0.39, 0.29) is 24.1 Å². The van der Waals surface area contributed by atoms with Gasteiger partial charge in [0.2, 0.25) is 0 Å². The summed E-state index contributed by atoms with van der Waals surface area (Å²) < 4.78 is 0. The summed E-state index contributed by atoms with van der Waals surface area (Å²) in [6, 6.07) is 6.95. The van der Waals surface area contributed by atoms with Gasteiger partial charge < -0.3 is 20.5 Å². The molecule has 1 aliphatic rings. The van der Waals surface area contributed by atoms with Crippen LogP contribution in [0.4, 0.5) is 0 Å². The normalized spacial score (nSPS) is 17.3. The molecule has 0 unspecified atom stereocenters. The van der Waals surface area contributed by atoms with Crippen molar-refractivity contribution in [2.75, 3.05) is 7.11 Å². The van der Waals surface area contributed by atoms with E-state index in [1.165, 1.54) is 26.4 Å². The van der Waals surface area contributed by atoms with Crippen molar-refractivity contribution in [3.05, 3.63) is 29.8 Å². The van der Waals surface area contributed by atoms with Gasteiger partial charge in [-0.05, 0) is 18.9 Å². The average molecular weight is 305 g/mol. The summed E-state index contributed by atoms with van der Waals surface area (Å²) in [4.78, 5) is 10.1. The Labute approximate surface area is 130 Å². The zero-order valence-corrected chi connectivity index (χ0v) is 12.9. The molecule has 2 rings (SSSR count). The molecule has 0 spiro atoms. The van der Waals surface area contributed by atoms with Crippen molar-refractivity contribution in [1.29, 1.82) is 0 Å². The minimum Gasteiger partial charge on any atom is -0.508 e. The quantitative estimate of drug-likeness (QED) is 0.480. The monoisotopic (exact) mass is 305 g/mol. The summed E-state index contributed by atoms with van der Waals surface area (Å²) in [5, 5.41) is 17.6. The molecule has 1 saturated carbocycles. The second-order valence-electron chi connectivity index (χ2n) is 5.37. The molecule has 0 aromatic heterocycles. The van der Waals surface area contributed by atoms with Crippen molar-refractivity contribution >= 4 is 11.5 Å². The largest absolute Gasteiger partial charge is 0.508 e. The lowest BCUT2D eigenvalue weighted by molar-refractivity contribution is 0.128. The lowest BCUT2D eigenvalue weighted by Gasteiger charge is -2.22. The Hall–Kier alpha value is -2.24. The van der Waals surface area contributed by atoms with Crippen molar-refractivity contribution in [3.8, 4) is 5.75 Å². The maximum Gasteiger partial charge on any atom is 0.188 e. The summed E-state index contributed by atoms with van der Waals surface area (Å²) in [7, 11) is 1.50. The SMILES string of the molecule is CO/N=C(/C(N)=N/OCc1ccccc1O)C1CCCCC1. The van der Waals surface area contributed by atoms with E-state index in [1.807, 2.05) is 6.07 Å². The first kappa shape index (κ1) is 16.1. The lowest BCUT2D eigenvalue weighted by Crippen LogP contribution is -2.32. The molecule has 0 saturated heterocycles. The highest BCUT2D eigenvalue weighted by molar-refractivity contribution is 6.41. The third-order valence-corrected chi connectivity index (χ3v) is 3.82. The number of aromatic hydroxyl groups is 1. The Kier molecular flexibility index (Phi) is 6.06. The highest BCUT2D eigenvalue weighted by atomic mass is 16.6. The molecule has 1 aromatic rings. The van der Waals surface area contributed by atoms with Crippen LogP contribution >= 0.6 is 0 Å². The lowest BCUT2D eigenvalue weighted by atomic mass is 9.85. The number of hydrogen-bond donors (Lipinski definition) is 2. The topological polar surface area (TPSA) is 89.4 Å². The van der Waals surface area contributed by atoms with Gasteiger partial charge in [0.15, 0.2) is 5.84 Å². The molecular weight excluding hydrogens is 282 g/mol. The highest BCUT2D eigenvalue weighted by Crippen LogP contribution is 2.25. The molecule has 6 nitrogen and oxygen atoms in total. The number of rotatable bonds is 6. The summed E-state index contributed by atoms with van der Waals surface area (Å²) in [5.41, 5.74) is 7.30. The predicted molar refractivity (Wildman–Crippen MR) is 85.5 cm³/mol. The number of oxime groups is 2. The van der Waals surface area contributed by atoms with Crippen molar-refractivity contribution in [3.63, 3.8) is 0 Å². The number of benzene rings is 1. The van der Waals surface area contributed by atoms with Crippen LogP contribution in [0.2, 0.25) is 0 Å². The van der Waals surface area contributed by atoms with Gasteiger partial charge in [-0.15, -0.1) is 0 Å². The number of hydrogen-bond acceptors (Lipinski definition) is 5. The number of para-hydroxylation sites is 1. The van der Waals surface area contributed by atoms with E-state index in [1.54, 1.807) is 18.2 Å². The second-order valence-corrected chi connectivity index (χ2v) is 5.37. The van der Waals surface area contributed by atoms with Crippen LogP contribution in [0.25, 0.3) is 0 Å². The van der Waals surface area contributed by atoms with Gasteiger partial charge in [0.1, 0.15) is 25.2 Å². The van der Waals surface area contributed by atoms with Gasteiger partial charge in [-0.25, -0.2) is 0 Å². The number of nitrogens with two attached hydrogens (primary N) is 1. The Morgan fingerprint density at radius 1 is 1.23 bits per heavy atom. The van der Waals surface area contributed by atoms with Crippen LogP contribution in [0.1, 0.15) is 37.7 Å². The predicted octanol–water partition coefficient (Wildman–Crippen LogP) is 2.76. The Morgan fingerprint density at radius 2 is 1.95 bits per heavy atom. The van der Waals surface area contributed by atoms with Crippen LogP contribution in [0, 0.1) is 5.92 Å². The molecule has 0 radical (unpaired) electrons. The van der Waals surface area contributed by atoms with Crippen molar-refractivity contribution < 1.29 is 14.8 Å². The fraction of sp³-hybridized carbons (Fsp3) is 0.500. The number of phenolic OH excluding ortho intramolecular Hbond substituents is 1. The molecule has 22 heavy (non-hydrogen) atoms. The zero-order valence-electron chi connectivity index (χ0n) is 12.9. The first-order valence-electron chi connectivity index (χ1n) is 7.56. The van der Waals surface area contributed by atoms with E-state index in [9.17, 15) is 5.11 Å². The van der Waals surface area contributed by atoms with Crippen LogP contribution in [0.5, 0.6) is 5.75 Å². The van der Waals surface area contributed by atoms with Crippen LogP contribution in [0.15, 0.2) is 34.6 Å². The van der Waals surface area contributed by atoms with E-state index in [0.717, 1.165) is 12.8 Å². The van der Waals surface area contributed by atoms with Crippen LogP contribution < -0.4 is 5.73 Å². The molecule has 120 valence electrons. The molecular formula is C16H23N3O3. The molecule has 1 fully saturated rings. The van der Waals surface area contributed by atoms with Gasteiger partial charge in [0.25, 0.3) is 0 Å². The highest BCUT2D eigenvalue weighted by Gasteiger charge is 2.23. The molecule has 3 N–H and O–H groups in total. The Bertz CT molecular complexity index is 537. The number of amidine groups is 1. The molecule has 0 heterocycles. The van der Waals surface area contributed by atoms with Gasteiger partial charge in [-0.2, -0.15) is 0 Å². The van der Waals surface area contributed by atoms with E-state index in [4.69, 9.17) is 15.4 Å². The molecule has 0 atom stereocenters. The second kappa shape index (κ2) is 8.26. The standard InChI is InChI=1S/C16H23N3O3/c1-21-18-15(12-7-3-2-4-8-12)16(17)19-22-11-13-9-5-6-10-14(13)20/h5-6,9-10,12,20H,2-4,7-8,11H2,1H3,(H2,17,19)/b18-15+. The number of phenols is 1. The van der Waals surface area contributed by atoms with Crippen LogP contribution in [-0.4, -0.2) is 23.8 Å². The van der Waals surface area contributed by atoms with E-state index < -0.39 is 0 Å². The third kappa shape index (κ3) is 4.38. The molecule has 0 aliphatic heterocycles. The van der Waals surface area contributed by atoms with Gasteiger partial charge in [-0.1, -0.05) is 47.8 Å². The molecule has 1 aliphatic carbocycles. The Balaban J connectivity index is 1.99. The maximum absolute atomic E-state index is 9.67. The first-order chi connectivity index (χ1) is 10.7. The van der Waals surface area contributed by atoms with Crippen molar-refractivity contribution in [2.24, 2.45) is 22.0 Å². The van der Waals surface area contributed by atoms with Gasteiger partial charge in [0.05, 0.1) is 0 Å². The zero-order chi connectivity index (χ0) is 15.8. The average Bonchev–Trinajstić information content (AvgIpc) is 2.55. The van der Waals surface area contributed by atoms with Gasteiger partial charge in [-0.3, -0.25) is 0 Å². The summed E-state index contributed by atoms with van der Waals surface area (Å²) >= 11 is 0. The van der Waals surface area contributed by atoms with E-state index in [2.05, 4.69) is 10.3 Å². The number of nitrogens with zero attached hydrogens (tertiary/aromatic N) is 2. The smallest absolute Gasteiger partial charge is 0.188 e. The fourth-order valence-corrected chi connectivity index (χ4v) is 2.66. The fourth-order valence-electron chi connectivity index (χ4n) is 2.66. The molecule has 6 heteroatoms. The van der Waals surface area contributed by atoms with Crippen LogP contribution in [-0.2, 0) is 16.3 Å². The molecule has 1 aromatic carbocycles. The molecule has 0 bridgehead atoms. The van der Waals surface area contributed by atoms with E-state index >= 15 is 0 Å².